The average Bonchev–Trinajstić information content (AvgIpc) is 3.23. The van der Waals surface area contributed by atoms with Gasteiger partial charge in [-0.15, -0.1) is 10.2 Å². The molecule has 3 aromatic carbocycles. The molecule has 0 saturated carbocycles. The van der Waals surface area contributed by atoms with Crippen molar-refractivity contribution in [2.45, 2.75) is 18.1 Å². The molecule has 0 aliphatic heterocycles. The van der Waals surface area contributed by atoms with E-state index in [0.29, 0.717) is 40.2 Å². The summed E-state index contributed by atoms with van der Waals surface area (Å²) >= 11 is 1.47. The molecule has 0 aliphatic carbocycles. The van der Waals surface area contributed by atoms with Crippen LogP contribution in [0.3, 0.4) is 0 Å². The van der Waals surface area contributed by atoms with Crippen molar-refractivity contribution >= 4 is 17.7 Å². The van der Waals surface area contributed by atoms with E-state index in [2.05, 4.69) is 15.5 Å². The minimum Gasteiger partial charge on any atom is -0.493 e. The van der Waals surface area contributed by atoms with Crippen molar-refractivity contribution in [3.63, 3.8) is 0 Å². The molecule has 0 saturated heterocycles. The highest BCUT2D eigenvalue weighted by molar-refractivity contribution is 7.99. The molecule has 0 fully saturated rings. The van der Waals surface area contributed by atoms with Gasteiger partial charge in [-0.05, 0) is 66.6 Å². The summed E-state index contributed by atoms with van der Waals surface area (Å²) in [6.07, 6.45) is 0. The van der Waals surface area contributed by atoms with Crippen molar-refractivity contribution < 1.29 is 18.3 Å². The number of thioether (sulfide) groups is 1. The number of carbonyl (C=O) groups excluding carboxylic acids is 1. The molecule has 0 aliphatic rings. The van der Waals surface area contributed by atoms with E-state index in [1.54, 1.807) is 42.5 Å². The molecule has 0 spiro atoms. The largest absolute Gasteiger partial charge is 0.493 e. The summed E-state index contributed by atoms with van der Waals surface area (Å²) in [4.78, 5) is 12.9. The zero-order chi connectivity index (χ0) is 24.8. The molecule has 0 bridgehead atoms. The predicted octanol–water partition coefficient (Wildman–Crippen LogP) is 5.42. The van der Waals surface area contributed by atoms with Gasteiger partial charge in [0.2, 0.25) is 0 Å². The minimum absolute atomic E-state index is 0.263. The van der Waals surface area contributed by atoms with Crippen molar-refractivity contribution in [2.24, 2.45) is 7.05 Å². The Morgan fingerprint density at radius 1 is 1.00 bits per heavy atom. The summed E-state index contributed by atoms with van der Waals surface area (Å²) < 4.78 is 34.0. The standard InChI is InChI=1S/C26H24F2N4O2S/c1-17(29-25(33)20-7-3-5-18(15-20)19-6-4-8-22(28)16-19)24-30-31-26(32(24)2)35-14-13-34-23-11-9-21(27)10-12-23/h3-12,15-17H,13-14H2,1-2H3,(H,29,33)/t17-/m1/s1. The summed E-state index contributed by atoms with van der Waals surface area (Å²) in [5, 5.41) is 12.1. The lowest BCUT2D eigenvalue weighted by molar-refractivity contribution is 0.0937. The van der Waals surface area contributed by atoms with Crippen LogP contribution in [0, 0.1) is 11.6 Å². The number of halogens is 2. The number of amides is 1. The fraction of sp³-hybridized carbons (Fsp3) is 0.192. The molecule has 35 heavy (non-hydrogen) atoms. The van der Waals surface area contributed by atoms with Crippen LogP contribution >= 0.6 is 11.8 Å². The molecule has 1 atom stereocenters. The first-order valence-corrected chi connectivity index (χ1v) is 12.0. The van der Waals surface area contributed by atoms with Crippen molar-refractivity contribution in [3.05, 3.63) is 95.8 Å². The average molecular weight is 495 g/mol. The SMILES string of the molecule is C[C@@H](NC(=O)c1cccc(-c2cccc(F)c2)c1)c1nnc(SCCOc2ccc(F)cc2)n1C. The molecule has 1 N–H and O–H groups in total. The zero-order valence-corrected chi connectivity index (χ0v) is 20.1. The van der Waals surface area contributed by atoms with Gasteiger partial charge in [-0.3, -0.25) is 4.79 Å². The Morgan fingerprint density at radius 3 is 2.46 bits per heavy atom. The first-order chi connectivity index (χ1) is 16.9. The fourth-order valence-corrected chi connectivity index (χ4v) is 4.24. The fourth-order valence-electron chi connectivity index (χ4n) is 3.50. The third-order valence-corrected chi connectivity index (χ3v) is 6.27. The van der Waals surface area contributed by atoms with Gasteiger partial charge in [-0.25, -0.2) is 8.78 Å². The van der Waals surface area contributed by atoms with E-state index in [1.165, 1.54) is 36.0 Å². The molecule has 4 rings (SSSR count). The summed E-state index contributed by atoms with van der Waals surface area (Å²) in [6, 6.07) is 18.8. The highest BCUT2D eigenvalue weighted by atomic mass is 32.2. The van der Waals surface area contributed by atoms with Crippen LogP contribution < -0.4 is 10.1 Å². The molecular formula is C26H24F2N4O2S. The van der Waals surface area contributed by atoms with E-state index in [9.17, 15) is 13.6 Å². The molecule has 180 valence electrons. The third kappa shape index (κ3) is 6.24. The van der Waals surface area contributed by atoms with Gasteiger partial charge >= 0.3 is 0 Å². The molecule has 0 radical (unpaired) electrons. The van der Waals surface area contributed by atoms with Gasteiger partial charge in [0.1, 0.15) is 17.4 Å². The number of nitrogens with zero attached hydrogens (tertiary/aromatic N) is 3. The van der Waals surface area contributed by atoms with Crippen molar-refractivity contribution in [1.82, 2.24) is 20.1 Å². The van der Waals surface area contributed by atoms with Gasteiger partial charge in [-0.1, -0.05) is 36.0 Å². The quantitative estimate of drug-likeness (QED) is 0.249. The summed E-state index contributed by atoms with van der Waals surface area (Å²) in [7, 11) is 1.84. The lowest BCUT2D eigenvalue weighted by Gasteiger charge is -2.14. The lowest BCUT2D eigenvalue weighted by atomic mass is 10.0. The molecule has 1 heterocycles. The van der Waals surface area contributed by atoms with Crippen LogP contribution in [0.4, 0.5) is 8.78 Å². The Morgan fingerprint density at radius 2 is 1.71 bits per heavy atom. The van der Waals surface area contributed by atoms with Crippen LogP contribution in [0.5, 0.6) is 5.75 Å². The minimum atomic E-state index is -0.386. The maximum absolute atomic E-state index is 13.6. The van der Waals surface area contributed by atoms with Gasteiger partial charge in [-0.2, -0.15) is 0 Å². The molecule has 0 unspecified atom stereocenters. The van der Waals surface area contributed by atoms with Crippen LogP contribution in [-0.4, -0.2) is 33.0 Å². The number of aromatic nitrogens is 3. The van der Waals surface area contributed by atoms with Gasteiger partial charge in [0.25, 0.3) is 5.91 Å². The van der Waals surface area contributed by atoms with Gasteiger partial charge in [0, 0.05) is 18.4 Å². The van der Waals surface area contributed by atoms with E-state index in [1.807, 2.05) is 24.6 Å². The Balaban J connectivity index is 1.34. The third-order valence-electron chi connectivity index (χ3n) is 5.28. The molecule has 6 nitrogen and oxygen atoms in total. The molecule has 9 heteroatoms. The first-order valence-electron chi connectivity index (χ1n) is 11.0. The second-order valence-corrected chi connectivity index (χ2v) is 8.90. The Bertz CT molecular complexity index is 1310. The van der Waals surface area contributed by atoms with E-state index >= 15 is 0 Å². The molecule has 1 aromatic heterocycles. The van der Waals surface area contributed by atoms with Crippen LogP contribution in [0.15, 0.2) is 78.0 Å². The summed E-state index contributed by atoms with van der Waals surface area (Å²) in [5.41, 5.74) is 1.92. The molecular weight excluding hydrogens is 470 g/mol. The molecule has 1 amide bonds. The zero-order valence-electron chi connectivity index (χ0n) is 19.2. The second kappa shape index (κ2) is 11.1. The van der Waals surface area contributed by atoms with Crippen LogP contribution in [0.25, 0.3) is 11.1 Å². The summed E-state index contributed by atoms with van der Waals surface area (Å²) in [5.74, 6) is 0.935. The highest BCUT2D eigenvalue weighted by Crippen LogP contribution is 2.23. The number of nitrogens with one attached hydrogen (secondary N) is 1. The van der Waals surface area contributed by atoms with E-state index in [0.717, 1.165) is 5.56 Å². The highest BCUT2D eigenvalue weighted by Gasteiger charge is 2.19. The van der Waals surface area contributed by atoms with Crippen molar-refractivity contribution in [3.8, 4) is 16.9 Å². The molecule has 4 aromatic rings. The number of hydrogen-bond donors (Lipinski definition) is 1. The van der Waals surface area contributed by atoms with Gasteiger partial charge in [0.05, 0.1) is 12.6 Å². The van der Waals surface area contributed by atoms with Crippen LogP contribution in [0.1, 0.15) is 29.1 Å². The number of rotatable bonds is 9. The Hall–Kier alpha value is -3.72. The van der Waals surface area contributed by atoms with Gasteiger partial charge in [0.15, 0.2) is 11.0 Å². The van der Waals surface area contributed by atoms with Crippen LogP contribution in [-0.2, 0) is 7.05 Å². The monoisotopic (exact) mass is 494 g/mol. The Kier molecular flexibility index (Phi) is 7.77. The lowest BCUT2D eigenvalue weighted by Crippen LogP contribution is -2.28. The van der Waals surface area contributed by atoms with Crippen molar-refractivity contribution in [2.75, 3.05) is 12.4 Å². The summed E-state index contributed by atoms with van der Waals surface area (Å²) in [6.45, 7) is 2.26. The normalized spacial score (nSPS) is 11.8. The Labute approximate surface area is 206 Å². The second-order valence-electron chi connectivity index (χ2n) is 7.84. The van der Waals surface area contributed by atoms with E-state index < -0.39 is 0 Å². The topological polar surface area (TPSA) is 69.0 Å². The first kappa shape index (κ1) is 24.4. The number of carbonyl (C=O) groups is 1. The maximum Gasteiger partial charge on any atom is 0.251 e. The predicted molar refractivity (Wildman–Crippen MR) is 131 cm³/mol. The van der Waals surface area contributed by atoms with E-state index in [4.69, 9.17) is 4.74 Å². The maximum atomic E-state index is 13.6. The van der Waals surface area contributed by atoms with Crippen molar-refractivity contribution in [1.29, 1.82) is 0 Å². The number of hydrogen-bond acceptors (Lipinski definition) is 5. The number of ether oxygens (including phenoxy) is 1. The van der Waals surface area contributed by atoms with Gasteiger partial charge < -0.3 is 14.6 Å². The van der Waals surface area contributed by atoms with Crippen LogP contribution in [0.2, 0.25) is 0 Å². The smallest absolute Gasteiger partial charge is 0.251 e. The van der Waals surface area contributed by atoms with E-state index in [-0.39, 0.29) is 23.6 Å². The number of benzene rings is 3.